The third-order valence-corrected chi connectivity index (χ3v) is 3.02. The largest absolute Gasteiger partial charge is 0.506 e. The van der Waals surface area contributed by atoms with E-state index in [0.717, 1.165) is 13.0 Å². The molecule has 2 aromatic rings. The minimum absolute atomic E-state index is 0.102. The molecule has 0 aliphatic rings. The van der Waals surface area contributed by atoms with Gasteiger partial charge in [0.15, 0.2) is 0 Å². The van der Waals surface area contributed by atoms with E-state index in [2.05, 4.69) is 17.3 Å². The molecular weight excluding hydrogens is 270 g/mol. The lowest BCUT2D eigenvalue weighted by Gasteiger charge is -2.12. The molecule has 1 aromatic carbocycles. The van der Waals surface area contributed by atoms with Crippen LogP contribution in [0.2, 0.25) is 0 Å². The number of methoxy groups -OCH3 is 1. The predicted octanol–water partition coefficient (Wildman–Crippen LogP) is 1.45. The maximum Gasteiger partial charge on any atom is 0.275 e. The molecule has 0 aliphatic heterocycles. The van der Waals surface area contributed by atoms with Crippen molar-refractivity contribution in [3.63, 3.8) is 0 Å². The van der Waals surface area contributed by atoms with Crippen molar-refractivity contribution in [2.75, 3.05) is 13.7 Å². The van der Waals surface area contributed by atoms with Gasteiger partial charge in [-0.05, 0) is 25.1 Å². The average molecular weight is 289 g/mol. The minimum Gasteiger partial charge on any atom is -0.506 e. The first-order valence-corrected chi connectivity index (χ1v) is 6.83. The first-order chi connectivity index (χ1) is 10.2. The van der Waals surface area contributed by atoms with Crippen LogP contribution in [0.25, 0.3) is 5.69 Å². The molecule has 21 heavy (non-hydrogen) atoms. The predicted molar refractivity (Wildman–Crippen MR) is 80.0 cm³/mol. The van der Waals surface area contributed by atoms with Crippen LogP contribution in [0.1, 0.15) is 19.0 Å². The van der Waals surface area contributed by atoms with E-state index in [1.807, 2.05) is 6.07 Å². The molecule has 0 saturated carbocycles. The fraction of sp³-hybridized carbons (Fsp3) is 0.333. The Morgan fingerprint density at radius 3 is 2.86 bits per heavy atom. The summed E-state index contributed by atoms with van der Waals surface area (Å²) in [6, 6.07) is 8.28. The average Bonchev–Trinajstić information content (AvgIpc) is 2.49. The van der Waals surface area contributed by atoms with Crippen LogP contribution in [0.3, 0.4) is 0 Å². The number of aromatic hydroxyl groups is 1. The zero-order valence-corrected chi connectivity index (χ0v) is 12.2. The van der Waals surface area contributed by atoms with Gasteiger partial charge in [0, 0.05) is 12.6 Å². The highest BCUT2D eigenvalue weighted by atomic mass is 16.5. The number of benzene rings is 1. The molecule has 0 spiro atoms. The normalized spacial score (nSPS) is 10.6. The highest BCUT2D eigenvalue weighted by molar-refractivity contribution is 5.46. The number of hydrogen-bond acceptors (Lipinski definition) is 5. The van der Waals surface area contributed by atoms with E-state index in [4.69, 9.17) is 4.74 Å². The molecule has 0 atom stereocenters. The van der Waals surface area contributed by atoms with Crippen molar-refractivity contribution in [2.45, 2.75) is 19.9 Å². The second-order valence-electron chi connectivity index (χ2n) is 4.57. The minimum atomic E-state index is -0.406. The number of nitrogens with zero attached hydrogens (tertiary/aromatic N) is 2. The monoisotopic (exact) mass is 289 g/mol. The smallest absolute Gasteiger partial charge is 0.275 e. The Labute approximate surface area is 123 Å². The van der Waals surface area contributed by atoms with Crippen molar-refractivity contribution in [1.82, 2.24) is 15.1 Å². The third-order valence-electron chi connectivity index (χ3n) is 3.02. The summed E-state index contributed by atoms with van der Waals surface area (Å²) in [6.45, 7) is 3.26. The fourth-order valence-corrected chi connectivity index (χ4v) is 1.97. The summed E-state index contributed by atoms with van der Waals surface area (Å²) in [5, 5.41) is 17.2. The summed E-state index contributed by atoms with van der Waals surface area (Å²) < 4.78 is 6.48. The zero-order chi connectivity index (χ0) is 15.2. The van der Waals surface area contributed by atoms with Crippen LogP contribution in [-0.4, -0.2) is 28.5 Å². The molecule has 0 saturated heterocycles. The number of para-hydroxylation sites is 2. The van der Waals surface area contributed by atoms with E-state index in [1.54, 1.807) is 18.2 Å². The SMILES string of the molecule is CCCNCc1nn(-c2ccccc2OC)c(=O)cc1O. The first-order valence-electron chi connectivity index (χ1n) is 6.83. The lowest BCUT2D eigenvalue weighted by Crippen LogP contribution is -2.24. The van der Waals surface area contributed by atoms with Crippen LogP contribution >= 0.6 is 0 Å². The van der Waals surface area contributed by atoms with Crippen molar-refractivity contribution >= 4 is 0 Å². The van der Waals surface area contributed by atoms with Gasteiger partial charge in [0.25, 0.3) is 5.56 Å². The van der Waals surface area contributed by atoms with Gasteiger partial charge in [-0.3, -0.25) is 4.79 Å². The number of ether oxygens (including phenoxy) is 1. The van der Waals surface area contributed by atoms with Crippen LogP contribution in [0, 0.1) is 0 Å². The molecule has 0 radical (unpaired) electrons. The molecule has 0 amide bonds. The van der Waals surface area contributed by atoms with Gasteiger partial charge < -0.3 is 15.2 Å². The molecule has 0 unspecified atom stereocenters. The van der Waals surface area contributed by atoms with E-state index < -0.39 is 5.56 Å². The molecule has 1 aromatic heterocycles. The van der Waals surface area contributed by atoms with Gasteiger partial charge in [-0.15, -0.1) is 0 Å². The highest BCUT2D eigenvalue weighted by Crippen LogP contribution is 2.21. The van der Waals surface area contributed by atoms with Crippen LogP contribution in [0.4, 0.5) is 0 Å². The molecule has 6 nitrogen and oxygen atoms in total. The molecule has 6 heteroatoms. The lowest BCUT2D eigenvalue weighted by molar-refractivity contribution is 0.409. The van der Waals surface area contributed by atoms with Crippen molar-refractivity contribution in [2.24, 2.45) is 0 Å². The van der Waals surface area contributed by atoms with Crippen molar-refractivity contribution < 1.29 is 9.84 Å². The Bertz CT molecular complexity index is 667. The first kappa shape index (κ1) is 15.1. The van der Waals surface area contributed by atoms with Gasteiger partial charge in [0.1, 0.15) is 22.9 Å². The number of hydrogen-bond donors (Lipinski definition) is 2. The number of rotatable bonds is 6. The standard InChI is InChI=1S/C15H19N3O3/c1-3-8-16-10-11-13(19)9-15(20)18(17-11)12-6-4-5-7-14(12)21-2/h4-7,9,16,19H,3,8,10H2,1-2H3. The molecule has 0 bridgehead atoms. The quantitative estimate of drug-likeness (QED) is 0.787. The van der Waals surface area contributed by atoms with E-state index in [-0.39, 0.29) is 5.75 Å². The van der Waals surface area contributed by atoms with E-state index >= 15 is 0 Å². The molecule has 112 valence electrons. The third kappa shape index (κ3) is 3.41. The second-order valence-corrected chi connectivity index (χ2v) is 4.57. The number of nitrogens with one attached hydrogen (secondary N) is 1. The van der Waals surface area contributed by atoms with Crippen LogP contribution < -0.4 is 15.6 Å². The molecule has 2 rings (SSSR count). The maximum atomic E-state index is 12.1. The van der Waals surface area contributed by atoms with E-state index in [9.17, 15) is 9.90 Å². The van der Waals surface area contributed by atoms with Gasteiger partial charge in [0.2, 0.25) is 0 Å². The molecular formula is C15H19N3O3. The Morgan fingerprint density at radius 1 is 1.38 bits per heavy atom. The van der Waals surface area contributed by atoms with Gasteiger partial charge in [-0.1, -0.05) is 19.1 Å². The van der Waals surface area contributed by atoms with Crippen molar-refractivity contribution in [1.29, 1.82) is 0 Å². The van der Waals surface area contributed by atoms with Gasteiger partial charge in [-0.2, -0.15) is 9.78 Å². The van der Waals surface area contributed by atoms with Crippen LogP contribution in [-0.2, 0) is 6.54 Å². The topological polar surface area (TPSA) is 76.4 Å². The summed E-state index contributed by atoms with van der Waals surface area (Å²) in [7, 11) is 1.54. The van der Waals surface area contributed by atoms with E-state index in [0.29, 0.717) is 23.7 Å². The molecule has 2 N–H and O–H groups in total. The van der Waals surface area contributed by atoms with Crippen molar-refractivity contribution in [3.05, 3.63) is 46.4 Å². The Kier molecular flexibility index (Phi) is 4.94. The summed E-state index contributed by atoms with van der Waals surface area (Å²) in [6.07, 6.45) is 0.979. The fourth-order valence-electron chi connectivity index (χ4n) is 1.97. The molecule has 0 fully saturated rings. The molecule has 0 aliphatic carbocycles. The van der Waals surface area contributed by atoms with E-state index in [1.165, 1.54) is 17.9 Å². The Hall–Kier alpha value is -2.34. The van der Waals surface area contributed by atoms with Gasteiger partial charge >= 0.3 is 0 Å². The van der Waals surface area contributed by atoms with Gasteiger partial charge in [0.05, 0.1) is 7.11 Å². The maximum absolute atomic E-state index is 12.1. The summed E-state index contributed by atoms with van der Waals surface area (Å²) in [5.74, 6) is 0.444. The zero-order valence-electron chi connectivity index (χ0n) is 12.2. The summed E-state index contributed by atoms with van der Waals surface area (Å²) >= 11 is 0. The Balaban J connectivity index is 2.44. The lowest BCUT2D eigenvalue weighted by atomic mass is 10.3. The molecule has 1 heterocycles. The number of aromatic nitrogens is 2. The Morgan fingerprint density at radius 2 is 2.14 bits per heavy atom. The summed E-state index contributed by atoms with van der Waals surface area (Å²) in [4.78, 5) is 12.1. The van der Waals surface area contributed by atoms with Crippen LogP contribution in [0.5, 0.6) is 11.5 Å². The summed E-state index contributed by atoms with van der Waals surface area (Å²) in [5.41, 5.74) is 0.562. The van der Waals surface area contributed by atoms with Gasteiger partial charge in [-0.25, -0.2) is 0 Å². The second kappa shape index (κ2) is 6.90. The highest BCUT2D eigenvalue weighted by Gasteiger charge is 2.12. The van der Waals surface area contributed by atoms with Crippen LogP contribution in [0.15, 0.2) is 35.1 Å². The van der Waals surface area contributed by atoms with Crippen molar-refractivity contribution in [3.8, 4) is 17.2 Å².